The molecule has 3 rings (SSSR count). The molecule has 1 saturated carbocycles. The van der Waals surface area contributed by atoms with Crippen molar-refractivity contribution in [3.05, 3.63) is 59.9 Å². The molecule has 1 amide bonds. The molecule has 132 valence electrons. The summed E-state index contributed by atoms with van der Waals surface area (Å²) < 4.78 is 43.0. The maximum absolute atomic E-state index is 12.5. The first-order chi connectivity index (χ1) is 11.9. The number of hydrogen-bond donors (Lipinski definition) is 0. The molecule has 0 saturated heterocycles. The minimum Gasteiger partial charge on any atom is -0.484 e. The van der Waals surface area contributed by atoms with E-state index >= 15 is 0 Å². The normalized spacial score (nSPS) is 14.2. The number of alkyl halides is 3. The van der Waals surface area contributed by atoms with Crippen molar-refractivity contribution in [2.45, 2.75) is 31.6 Å². The Labute approximate surface area is 143 Å². The van der Waals surface area contributed by atoms with Gasteiger partial charge in [0.15, 0.2) is 6.61 Å². The van der Waals surface area contributed by atoms with Crippen LogP contribution in [0.15, 0.2) is 48.8 Å². The second-order valence-electron chi connectivity index (χ2n) is 5.92. The highest BCUT2D eigenvalue weighted by Gasteiger charge is 2.33. The van der Waals surface area contributed by atoms with Gasteiger partial charge in [0.2, 0.25) is 0 Å². The van der Waals surface area contributed by atoms with Crippen LogP contribution in [0.1, 0.15) is 24.0 Å². The smallest absolute Gasteiger partial charge is 0.416 e. The molecule has 1 aromatic heterocycles. The number of ether oxygens (including phenoxy) is 1. The number of benzene rings is 1. The topological polar surface area (TPSA) is 42.4 Å². The molecule has 1 fully saturated rings. The third-order valence-electron chi connectivity index (χ3n) is 3.93. The molecular weight excluding hydrogens is 333 g/mol. The van der Waals surface area contributed by atoms with E-state index in [1.54, 1.807) is 17.3 Å². The van der Waals surface area contributed by atoms with Crippen LogP contribution in [0.5, 0.6) is 5.75 Å². The molecule has 0 radical (unpaired) electrons. The van der Waals surface area contributed by atoms with E-state index in [2.05, 4.69) is 4.98 Å². The Morgan fingerprint density at radius 3 is 2.48 bits per heavy atom. The Hall–Kier alpha value is -2.57. The number of pyridine rings is 1. The second kappa shape index (κ2) is 7.13. The summed E-state index contributed by atoms with van der Waals surface area (Å²) in [4.78, 5) is 18.2. The quantitative estimate of drug-likeness (QED) is 0.798. The van der Waals surface area contributed by atoms with Crippen LogP contribution < -0.4 is 4.74 Å². The van der Waals surface area contributed by atoms with Crippen molar-refractivity contribution < 1.29 is 22.7 Å². The van der Waals surface area contributed by atoms with Crippen LogP contribution in [0.25, 0.3) is 0 Å². The first-order valence-electron chi connectivity index (χ1n) is 7.92. The van der Waals surface area contributed by atoms with Gasteiger partial charge in [0.25, 0.3) is 5.91 Å². The maximum Gasteiger partial charge on any atom is 0.416 e. The van der Waals surface area contributed by atoms with Gasteiger partial charge in [-0.05, 0) is 48.7 Å². The fraction of sp³-hybridized carbons (Fsp3) is 0.333. The average Bonchev–Trinajstić information content (AvgIpc) is 3.43. The molecule has 0 N–H and O–H groups in total. The average molecular weight is 350 g/mol. The molecule has 1 aliphatic rings. The highest BCUT2D eigenvalue weighted by Crippen LogP contribution is 2.31. The molecule has 1 heterocycles. The highest BCUT2D eigenvalue weighted by atomic mass is 19.4. The van der Waals surface area contributed by atoms with Gasteiger partial charge < -0.3 is 9.64 Å². The van der Waals surface area contributed by atoms with Crippen molar-refractivity contribution in [3.8, 4) is 5.75 Å². The van der Waals surface area contributed by atoms with Crippen LogP contribution in [0, 0.1) is 0 Å². The summed E-state index contributed by atoms with van der Waals surface area (Å²) in [5, 5.41) is 0. The van der Waals surface area contributed by atoms with Gasteiger partial charge in [0.05, 0.1) is 5.56 Å². The first-order valence-corrected chi connectivity index (χ1v) is 7.92. The van der Waals surface area contributed by atoms with E-state index < -0.39 is 11.7 Å². The van der Waals surface area contributed by atoms with Crippen molar-refractivity contribution in [1.82, 2.24) is 9.88 Å². The molecule has 1 aromatic carbocycles. The van der Waals surface area contributed by atoms with E-state index in [0.29, 0.717) is 6.54 Å². The molecule has 0 spiro atoms. The lowest BCUT2D eigenvalue weighted by Gasteiger charge is -2.22. The van der Waals surface area contributed by atoms with Crippen molar-refractivity contribution in [2.24, 2.45) is 0 Å². The number of rotatable bonds is 6. The van der Waals surface area contributed by atoms with E-state index in [-0.39, 0.29) is 24.3 Å². The third kappa shape index (κ3) is 4.71. The Morgan fingerprint density at radius 1 is 1.20 bits per heavy atom. The van der Waals surface area contributed by atoms with E-state index in [0.717, 1.165) is 30.5 Å². The van der Waals surface area contributed by atoms with Gasteiger partial charge in [-0.3, -0.25) is 9.78 Å². The summed E-state index contributed by atoms with van der Waals surface area (Å²) in [7, 11) is 0. The number of carbonyl (C=O) groups excluding carboxylic acids is 1. The van der Waals surface area contributed by atoms with Gasteiger partial charge in [0, 0.05) is 25.0 Å². The number of aromatic nitrogens is 1. The number of hydrogen-bond acceptors (Lipinski definition) is 3. The Kier molecular flexibility index (Phi) is 4.92. The molecule has 0 bridgehead atoms. The summed E-state index contributed by atoms with van der Waals surface area (Å²) in [6, 6.07) is 8.22. The van der Waals surface area contributed by atoms with Crippen LogP contribution in [-0.2, 0) is 17.5 Å². The van der Waals surface area contributed by atoms with Gasteiger partial charge in [-0.2, -0.15) is 13.2 Å². The molecule has 0 unspecified atom stereocenters. The lowest BCUT2D eigenvalue weighted by Crippen LogP contribution is -2.36. The van der Waals surface area contributed by atoms with Crippen LogP contribution >= 0.6 is 0 Å². The zero-order valence-electron chi connectivity index (χ0n) is 13.4. The van der Waals surface area contributed by atoms with Gasteiger partial charge in [-0.1, -0.05) is 6.07 Å². The summed E-state index contributed by atoms with van der Waals surface area (Å²) >= 11 is 0. The van der Waals surface area contributed by atoms with Gasteiger partial charge in [-0.15, -0.1) is 0 Å². The van der Waals surface area contributed by atoms with E-state index in [9.17, 15) is 18.0 Å². The van der Waals surface area contributed by atoms with Gasteiger partial charge >= 0.3 is 6.18 Å². The maximum atomic E-state index is 12.5. The summed E-state index contributed by atoms with van der Waals surface area (Å²) in [5.41, 5.74) is 0.180. The summed E-state index contributed by atoms with van der Waals surface area (Å²) in [6.45, 7) is 0.246. The molecular formula is C18H17F3N2O2. The monoisotopic (exact) mass is 350 g/mol. The minimum atomic E-state index is -4.39. The SMILES string of the molecule is O=C(COc1ccc(C(F)(F)F)cc1)N(Cc1cccnc1)C1CC1. The molecule has 25 heavy (non-hydrogen) atoms. The Bertz CT molecular complexity index is 713. The number of amides is 1. The van der Waals surface area contributed by atoms with Gasteiger partial charge in [0.1, 0.15) is 5.75 Å². The van der Waals surface area contributed by atoms with Crippen molar-refractivity contribution >= 4 is 5.91 Å². The third-order valence-corrected chi connectivity index (χ3v) is 3.93. The molecule has 2 aromatic rings. The summed E-state index contributed by atoms with van der Waals surface area (Å²) in [6.07, 6.45) is 0.888. The highest BCUT2D eigenvalue weighted by molar-refractivity contribution is 5.78. The van der Waals surface area contributed by atoms with Crippen molar-refractivity contribution in [3.63, 3.8) is 0 Å². The zero-order valence-corrected chi connectivity index (χ0v) is 13.4. The Morgan fingerprint density at radius 2 is 1.92 bits per heavy atom. The standard InChI is InChI=1S/C18H17F3N2O2/c19-18(20,21)14-3-7-16(8-4-14)25-12-17(24)23(15-5-6-15)11-13-2-1-9-22-10-13/h1-4,7-10,15H,5-6,11-12H2. The lowest BCUT2D eigenvalue weighted by atomic mass is 10.2. The van der Waals surface area contributed by atoms with E-state index in [4.69, 9.17) is 4.74 Å². The molecule has 1 aliphatic carbocycles. The van der Waals surface area contributed by atoms with Crippen molar-refractivity contribution in [1.29, 1.82) is 0 Å². The lowest BCUT2D eigenvalue weighted by molar-refractivity contribution is -0.138. The molecule has 4 nitrogen and oxygen atoms in total. The number of nitrogens with zero attached hydrogens (tertiary/aromatic N) is 2. The summed E-state index contributed by atoms with van der Waals surface area (Å²) in [5.74, 6) is 0.0460. The fourth-order valence-electron chi connectivity index (χ4n) is 2.46. The molecule has 7 heteroatoms. The fourth-order valence-corrected chi connectivity index (χ4v) is 2.46. The van der Waals surface area contributed by atoms with Crippen LogP contribution in [0.4, 0.5) is 13.2 Å². The van der Waals surface area contributed by atoms with E-state index in [1.807, 2.05) is 12.1 Å². The first kappa shape index (κ1) is 17.3. The van der Waals surface area contributed by atoms with E-state index in [1.165, 1.54) is 12.1 Å². The predicted octanol–water partition coefficient (Wildman–Crippen LogP) is 3.67. The van der Waals surface area contributed by atoms with Crippen LogP contribution in [0.2, 0.25) is 0 Å². The van der Waals surface area contributed by atoms with Crippen LogP contribution in [-0.4, -0.2) is 28.4 Å². The molecule has 0 aliphatic heterocycles. The largest absolute Gasteiger partial charge is 0.484 e. The number of halogens is 3. The van der Waals surface area contributed by atoms with Crippen LogP contribution in [0.3, 0.4) is 0 Å². The molecule has 0 atom stereocenters. The zero-order chi connectivity index (χ0) is 17.9. The Balaban J connectivity index is 1.58. The van der Waals surface area contributed by atoms with Crippen molar-refractivity contribution in [2.75, 3.05) is 6.61 Å². The minimum absolute atomic E-state index is 0.189. The van der Waals surface area contributed by atoms with Gasteiger partial charge in [-0.25, -0.2) is 0 Å². The second-order valence-corrected chi connectivity index (χ2v) is 5.92. The number of carbonyl (C=O) groups is 1. The predicted molar refractivity (Wildman–Crippen MR) is 84.7 cm³/mol.